The highest BCUT2D eigenvalue weighted by atomic mass is 35.5. The highest BCUT2D eigenvalue weighted by Crippen LogP contribution is 2.35. The molecular formula is C25H31ClN4O4S3. The molecule has 0 spiro atoms. The van der Waals surface area contributed by atoms with Gasteiger partial charge in [-0.2, -0.15) is 4.31 Å². The summed E-state index contributed by atoms with van der Waals surface area (Å²) in [5.41, 5.74) is 2.06. The Morgan fingerprint density at radius 2 is 2.00 bits per heavy atom. The molecule has 1 amide bonds. The number of fused-ring (bicyclic) bond motifs is 1. The molecule has 37 heavy (non-hydrogen) atoms. The lowest BCUT2D eigenvalue weighted by Crippen LogP contribution is -2.48. The van der Waals surface area contributed by atoms with Gasteiger partial charge in [0.15, 0.2) is 5.13 Å². The molecule has 0 bridgehead atoms. The predicted octanol–water partition coefficient (Wildman–Crippen LogP) is 4.48. The van der Waals surface area contributed by atoms with Crippen LogP contribution in [0.4, 0.5) is 5.13 Å². The van der Waals surface area contributed by atoms with Crippen LogP contribution >= 0.6 is 34.3 Å². The van der Waals surface area contributed by atoms with Crippen LogP contribution in [0.15, 0.2) is 34.5 Å². The molecule has 0 radical (unpaired) electrons. The Labute approximate surface area is 230 Å². The van der Waals surface area contributed by atoms with E-state index in [1.807, 2.05) is 12.1 Å². The van der Waals surface area contributed by atoms with Gasteiger partial charge in [0, 0.05) is 32.7 Å². The van der Waals surface area contributed by atoms with Gasteiger partial charge in [0.2, 0.25) is 5.91 Å². The highest BCUT2D eigenvalue weighted by molar-refractivity contribution is 7.91. The van der Waals surface area contributed by atoms with E-state index >= 15 is 0 Å². The van der Waals surface area contributed by atoms with Crippen LogP contribution in [0.5, 0.6) is 0 Å². The van der Waals surface area contributed by atoms with Gasteiger partial charge in [0.05, 0.1) is 27.8 Å². The second-order valence-electron chi connectivity index (χ2n) is 9.24. The summed E-state index contributed by atoms with van der Waals surface area (Å²) >= 11 is 8.54. The minimum absolute atomic E-state index is 0.170. The molecule has 2 aliphatic heterocycles. The summed E-state index contributed by atoms with van der Waals surface area (Å²) in [5.74, 6) is -0.206. The van der Waals surface area contributed by atoms with Crippen molar-refractivity contribution < 1.29 is 17.9 Å². The zero-order chi connectivity index (χ0) is 26.0. The summed E-state index contributed by atoms with van der Waals surface area (Å²) in [5, 5.41) is 0.631. The number of ether oxygens (including phenoxy) is 1. The van der Waals surface area contributed by atoms with Crippen molar-refractivity contribution >= 4 is 65.6 Å². The summed E-state index contributed by atoms with van der Waals surface area (Å²) in [6.07, 6.45) is 2.74. The summed E-state index contributed by atoms with van der Waals surface area (Å²) < 4.78 is 35.3. The van der Waals surface area contributed by atoms with Crippen LogP contribution in [0.25, 0.3) is 10.2 Å². The Kier molecular flexibility index (Phi) is 8.49. The SMILES string of the molecule is CCc1cccc2sc(N(CCCN3CCOCC3)C(=O)C3CCCN3S(=O)(=O)c3ccc(Cl)s3)nc12. The number of hydrogen-bond donors (Lipinski definition) is 0. The number of anilines is 1. The number of amides is 1. The average molecular weight is 583 g/mol. The van der Waals surface area contributed by atoms with Gasteiger partial charge in [-0.05, 0) is 49.4 Å². The van der Waals surface area contributed by atoms with Gasteiger partial charge in [0.25, 0.3) is 10.0 Å². The first-order chi connectivity index (χ1) is 17.9. The van der Waals surface area contributed by atoms with Crippen LogP contribution in [0.2, 0.25) is 4.34 Å². The van der Waals surface area contributed by atoms with E-state index in [2.05, 4.69) is 17.9 Å². The van der Waals surface area contributed by atoms with E-state index in [9.17, 15) is 13.2 Å². The molecule has 4 heterocycles. The number of rotatable bonds is 9. The van der Waals surface area contributed by atoms with Crippen molar-refractivity contribution in [1.29, 1.82) is 0 Å². The van der Waals surface area contributed by atoms with Crippen LogP contribution in [-0.2, 0) is 26.0 Å². The third-order valence-electron chi connectivity index (χ3n) is 6.93. The third kappa shape index (κ3) is 5.73. The van der Waals surface area contributed by atoms with Crippen molar-refractivity contribution in [3.63, 3.8) is 0 Å². The van der Waals surface area contributed by atoms with Crippen LogP contribution < -0.4 is 4.90 Å². The van der Waals surface area contributed by atoms with Crippen molar-refractivity contribution in [3.05, 3.63) is 40.2 Å². The predicted molar refractivity (Wildman–Crippen MR) is 149 cm³/mol. The molecule has 5 rings (SSSR count). The molecule has 2 aromatic heterocycles. The zero-order valence-corrected chi connectivity index (χ0v) is 24.0. The topological polar surface area (TPSA) is 83.0 Å². The fraction of sp³-hybridized carbons (Fsp3) is 0.520. The maximum Gasteiger partial charge on any atom is 0.253 e. The number of carbonyl (C=O) groups excluding carboxylic acids is 1. The van der Waals surface area contributed by atoms with Crippen LogP contribution in [-0.4, -0.2) is 80.5 Å². The van der Waals surface area contributed by atoms with Gasteiger partial charge < -0.3 is 4.74 Å². The van der Waals surface area contributed by atoms with Gasteiger partial charge >= 0.3 is 0 Å². The lowest BCUT2D eigenvalue weighted by molar-refractivity contribution is -0.121. The van der Waals surface area contributed by atoms with Crippen molar-refractivity contribution in [2.24, 2.45) is 0 Å². The van der Waals surface area contributed by atoms with Crippen molar-refractivity contribution in [2.75, 3.05) is 50.8 Å². The molecule has 3 aromatic rings. The van der Waals surface area contributed by atoms with Crippen molar-refractivity contribution in [3.8, 4) is 0 Å². The molecule has 2 aliphatic rings. The Balaban J connectivity index is 1.43. The Morgan fingerprint density at radius 3 is 2.73 bits per heavy atom. The normalized spacial score (nSPS) is 19.6. The quantitative estimate of drug-likeness (QED) is 0.370. The van der Waals surface area contributed by atoms with Crippen LogP contribution in [0.3, 0.4) is 0 Å². The van der Waals surface area contributed by atoms with Gasteiger partial charge in [0.1, 0.15) is 10.3 Å². The molecule has 2 saturated heterocycles. The number of nitrogens with zero attached hydrogens (tertiary/aromatic N) is 4. The number of benzene rings is 1. The number of morpholine rings is 1. The van der Waals surface area contributed by atoms with E-state index in [0.717, 1.165) is 72.8 Å². The molecule has 0 aliphatic carbocycles. The first-order valence-corrected chi connectivity index (χ1v) is 16.1. The van der Waals surface area contributed by atoms with E-state index < -0.39 is 16.1 Å². The first kappa shape index (κ1) is 27.0. The number of thiophene rings is 1. The average Bonchev–Trinajstić information content (AvgIpc) is 3.66. The molecule has 0 N–H and O–H groups in total. The molecule has 1 atom stereocenters. The molecular weight excluding hydrogens is 552 g/mol. The number of para-hydroxylation sites is 1. The minimum Gasteiger partial charge on any atom is -0.379 e. The Hall–Kier alpha value is -1.60. The molecule has 1 aromatic carbocycles. The largest absolute Gasteiger partial charge is 0.379 e. The van der Waals surface area contributed by atoms with Gasteiger partial charge in [-0.15, -0.1) is 11.3 Å². The summed E-state index contributed by atoms with van der Waals surface area (Å²) in [4.78, 5) is 23.0. The molecule has 0 saturated carbocycles. The monoisotopic (exact) mass is 582 g/mol. The smallest absolute Gasteiger partial charge is 0.253 e. The second kappa shape index (κ2) is 11.6. The molecule has 200 valence electrons. The molecule has 2 fully saturated rings. The summed E-state index contributed by atoms with van der Waals surface area (Å²) in [6.45, 7) is 6.95. The molecule has 8 nitrogen and oxygen atoms in total. The highest BCUT2D eigenvalue weighted by Gasteiger charge is 2.42. The van der Waals surface area contributed by atoms with Gasteiger partial charge in [-0.1, -0.05) is 42.0 Å². The maximum absolute atomic E-state index is 14.1. The fourth-order valence-corrected chi connectivity index (χ4v) is 9.29. The van der Waals surface area contributed by atoms with Gasteiger partial charge in [-0.3, -0.25) is 14.6 Å². The van der Waals surface area contributed by atoms with E-state index in [4.69, 9.17) is 21.3 Å². The number of hydrogen-bond acceptors (Lipinski definition) is 8. The number of thiazole rings is 1. The Morgan fingerprint density at radius 1 is 1.19 bits per heavy atom. The van der Waals surface area contributed by atoms with Crippen LogP contribution in [0, 0.1) is 0 Å². The zero-order valence-electron chi connectivity index (χ0n) is 20.8. The standard InChI is InChI=1S/C25H31ClN4O4S3/c1-2-18-6-3-8-20-23(18)27-25(35-20)29(12-5-11-28-14-16-34-17-15-28)24(31)19-7-4-13-30(19)37(32,33)22-10-9-21(26)36-22/h3,6,8-10,19H,2,4-5,7,11-17H2,1H3. The molecule has 12 heteroatoms. The van der Waals surface area contributed by atoms with Crippen molar-refractivity contribution in [1.82, 2.24) is 14.2 Å². The van der Waals surface area contributed by atoms with E-state index in [-0.39, 0.29) is 10.1 Å². The Bertz CT molecular complexity index is 1350. The number of sulfonamides is 1. The number of carbonyl (C=O) groups is 1. The minimum atomic E-state index is -3.82. The van der Waals surface area contributed by atoms with E-state index in [1.54, 1.807) is 11.0 Å². The van der Waals surface area contributed by atoms with Gasteiger partial charge in [-0.25, -0.2) is 13.4 Å². The third-order valence-corrected chi connectivity index (χ3v) is 11.6. The number of aromatic nitrogens is 1. The van der Waals surface area contributed by atoms with E-state index in [1.165, 1.54) is 21.7 Å². The van der Waals surface area contributed by atoms with Crippen LogP contribution in [0.1, 0.15) is 31.7 Å². The summed E-state index contributed by atoms with van der Waals surface area (Å²) in [6, 6.07) is 8.45. The molecule has 1 unspecified atom stereocenters. The second-order valence-corrected chi connectivity index (χ2v) is 14.1. The maximum atomic E-state index is 14.1. The lowest BCUT2D eigenvalue weighted by Gasteiger charge is -2.30. The number of aryl methyl sites for hydroxylation is 1. The fourth-order valence-electron chi connectivity index (χ4n) is 4.98. The van der Waals surface area contributed by atoms with Crippen molar-refractivity contribution in [2.45, 2.75) is 42.9 Å². The first-order valence-electron chi connectivity index (χ1n) is 12.7. The lowest BCUT2D eigenvalue weighted by atomic mass is 10.1. The van der Waals surface area contributed by atoms with E-state index in [0.29, 0.717) is 35.4 Å². The number of halogens is 1. The summed E-state index contributed by atoms with van der Waals surface area (Å²) in [7, 11) is -3.82.